The predicted octanol–water partition coefficient (Wildman–Crippen LogP) is 6.72. The second-order valence-corrected chi connectivity index (χ2v) is 14.3. The van der Waals surface area contributed by atoms with Gasteiger partial charge in [-0.2, -0.15) is 0 Å². The number of carbonyl (C=O) groups excluding carboxylic acids is 2. The van der Waals surface area contributed by atoms with Gasteiger partial charge in [0.05, 0.1) is 22.7 Å². The average Bonchev–Trinajstić information content (AvgIpc) is 3.04. The topological polar surface area (TPSA) is 96.0 Å². The summed E-state index contributed by atoms with van der Waals surface area (Å²) in [5.41, 5.74) is 1.80. The minimum atomic E-state index is -4.25. The van der Waals surface area contributed by atoms with Gasteiger partial charge >= 0.3 is 0 Å². The van der Waals surface area contributed by atoms with Gasteiger partial charge in [0.2, 0.25) is 11.8 Å². The van der Waals surface area contributed by atoms with Gasteiger partial charge < -0.3 is 15.0 Å². The number of sulfonamides is 1. The quantitative estimate of drug-likeness (QED) is 0.156. The van der Waals surface area contributed by atoms with Crippen LogP contribution in [0.2, 0.25) is 5.02 Å². The maximum Gasteiger partial charge on any atom is 0.264 e. The van der Waals surface area contributed by atoms with E-state index in [-0.39, 0.29) is 40.4 Å². The Balaban J connectivity index is 1.81. The third kappa shape index (κ3) is 9.11. The fourth-order valence-corrected chi connectivity index (χ4v) is 6.99. The van der Waals surface area contributed by atoms with Crippen molar-refractivity contribution in [3.63, 3.8) is 0 Å². The van der Waals surface area contributed by atoms with Crippen molar-refractivity contribution in [1.29, 1.82) is 0 Å². The summed E-state index contributed by atoms with van der Waals surface area (Å²) in [5, 5.41) is 3.17. The van der Waals surface area contributed by atoms with Crippen LogP contribution in [0.15, 0.2) is 112 Å². The Morgan fingerprint density at radius 1 is 0.891 bits per heavy atom. The molecule has 46 heavy (non-hydrogen) atoms. The molecule has 0 spiro atoms. The second kappa shape index (κ2) is 16.1. The SMILES string of the molecule is COc1ccc(N(CC(=O)N(Cc2cccc(Br)c2)C(Cc2ccccc2)C(=O)NCC(C)C)S(=O)(=O)c2ccccc2)cc1Cl. The third-order valence-electron chi connectivity index (χ3n) is 7.23. The molecule has 0 radical (unpaired) electrons. The first-order valence-electron chi connectivity index (χ1n) is 14.8. The Morgan fingerprint density at radius 3 is 2.15 bits per heavy atom. The molecular weight excluding hydrogens is 690 g/mol. The summed E-state index contributed by atoms with van der Waals surface area (Å²) in [6.07, 6.45) is 0.226. The Bertz CT molecular complexity index is 1740. The zero-order chi connectivity index (χ0) is 33.3. The molecule has 242 valence electrons. The van der Waals surface area contributed by atoms with Crippen LogP contribution in [-0.4, -0.2) is 51.4 Å². The molecule has 0 saturated carbocycles. The zero-order valence-corrected chi connectivity index (χ0v) is 29.1. The summed E-state index contributed by atoms with van der Waals surface area (Å²) in [6, 6.07) is 28.3. The van der Waals surface area contributed by atoms with E-state index < -0.39 is 28.5 Å². The number of benzene rings is 4. The van der Waals surface area contributed by atoms with Gasteiger partial charge in [-0.3, -0.25) is 13.9 Å². The Labute approximate surface area is 284 Å². The van der Waals surface area contributed by atoms with Crippen LogP contribution in [0.3, 0.4) is 0 Å². The minimum Gasteiger partial charge on any atom is -0.495 e. The Hall–Kier alpha value is -3.86. The molecule has 0 aliphatic heterocycles. The molecule has 0 aliphatic rings. The van der Waals surface area contributed by atoms with E-state index >= 15 is 0 Å². The highest BCUT2D eigenvalue weighted by Gasteiger charge is 2.35. The summed E-state index contributed by atoms with van der Waals surface area (Å²) in [7, 11) is -2.79. The van der Waals surface area contributed by atoms with Crippen LogP contribution in [-0.2, 0) is 32.6 Å². The lowest BCUT2D eigenvalue weighted by molar-refractivity contribution is -0.140. The van der Waals surface area contributed by atoms with E-state index in [9.17, 15) is 18.0 Å². The highest BCUT2D eigenvalue weighted by molar-refractivity contribution is 9.10. The summed E-state index contributed by atoms with van der Waals surface area (Å²) in [5.74, 6) is -0.352. The van der Waals surface area contributed by atoms with Crippen molar-refractivity contribution in [1.82, 2.24) is 10.2 Å². The van der Waals surface area contributed by atoms with Crippen LogP contribution in [0, 0.1) is 5.92 Å². The van der Waals surface area contributed by atoms with Crippen molar-refractivity contribution < 1.29 is 22.7 Å². The molecule has 0 saturated heterocycles. The first kappa shape index (κ1) is 35.0. The Kier molecular flexibility index (Phi) is 12.3. The number of ether oxygens (including phenoxy) is 1. The van der Waals surface area contributed by atoms with Crippen molar-refractivity contribution >= 4 is 55.1 Å². The molecule has 11 heteroatoms. The molecule has 1 unspecified atom stereocenters. The number of halogens is 2. The lowest BCUT2D eigenvalue weighted by atomic mass is 10.0. The van der Waals surface area contributed by atoms with Gasteiger partial charge in [-0.25, -0.2) is 8.42 Å². The standard InChI is InChI=1S/C35H37BrClN3O5S/c1-25(2)22-38-35(42)32(20-26-11-6-4-7-12-26)39(23-27-13-10-14-28(36)19-27)34(41)24-40(29-17-18-33(45-3)31(37)21-29)46(43,44)30-15-8-5-9-16-30/h4-19,21,25,32H,20,22-24H2,1-3H3,(H,38,42). The van der Waals surface area contributed by atoms with Crippen LogP contribution >= 0.6 is 27.5 Å². The fourth-order valence-electron chi connectivity index (χ4n) is 4.87. The number of hydrogen-bond donors (Lipinski definition) is 1. The number of methoxy groups -OCH3 is 1. The van der Waals surface area contributed by atoms with Crippen molar-refractivity contribution in [2.24, 2.45) is 5.92 Å². The van der Waals surface area contributed by atoms with Gasteiger partial charge in [-0.1, -0.05) is 102 Å². The predicted molar refractivity (Wildman–Crippen MR) is 185 cm³/mol. The van der Waals surface area contributed by atoms with Gasteiger partial charge in [0.15, 0.2) is 0 Å². The number of anilines is 1. The molecule has 0 heterocycles. The van der Waals surface area contributed by atoms with Crippen molar-refractivity contribution in [2.75, 3.05) is 24.5 Å². The van der Waals surface area contributed by atoms with Gasteiger partial charge in [-0.05, 0) is 59.5 Å². The van der Waals surface area contributed by atoms with Crippen molar-refractivity contribution in [3.8, 4) is 5.75 Å². The smallest absolute Gasteiger partial charge is 0.264 e. The van der Waals surface area contributed by atoms with E-state index in [0.717, 1.165) is 19.9 Å². The number of carbonyl (C=O) groups is 2. The third-order valence-corrected chi connectivity index (χ3v) is 9.81. The highest BCUT2D eigenvalue weighted by Crippen LogP contribution is 2.32. The van der Waals surface area contributed by atoms with Crippen LogP contribution in [0.5, 0.6) is 5.75 Å². The molecule has 2 amide bonds. The maximum atomic E-state index is 14.5. The first-order valence-corrected chi connectivity index (χ1v) is 17.4. The van der Waals surface area contributed by atoms with Crippen molar-refractivity contribution in [2.45, 2.75) is 37.8 Å². The summed E-state index contributed by atoms with van der Waals surface area (Å²) in [4.78, 5) is 29.9. The molecule has 4 rings (SSSR count). The monoisotopic (exact) mass is 725 g/mol. The molecular formula is C35H37BrClN3O5S. The lowest BCUT2D eigenvalue weighted by Gasteiger charge is -2.34. The summed E-state index contributed by atoms with van der Waals surface area (Å²) < 4.78 is 35.4. The summed E-state index contributed by atoms with van der Waals surface area (Å²) >= 11 is 9.93. The number of hydrogen-bond acceptors (Lipinski definition) is 5. The second-order valence-electron chi connectivity index (χ2n) is 11.1. The van der Waals surface area contributed by atoms with E-state index in [2.05, 4.69) is 21.2 Å². The minimum absolute atomic E-state index is 0.00351. The summed E-state index contributed by atoms with van der Waals surface area (Å²) in [6.45, 7) is 3.87. The van der Waals surface area contributed by atoms with Crippen LogP contribution < -0.4 is 14.4 Å². The van der Waals surface area contributed by atoms with E-state index in [4.69, 9.17) is 16.3 Å². The number of rotatable bonds is 14. The fraction of sp³-hybridized carbons (Fsp3) is 0.257. The van der Waals surface area contributed by atoms with Crippen LogP contribution in [0.25, 0.3) is 0 Å². The van der Waals surface area contributed by atoms with Crippen LogP contribution in [0.1, 0.15) is 25.0 Å². The van der Waals surface area contributed by atoms with Gasteiger partial charge in [0, 0.05) is 24.0 Å². The van der Waals surface area contributed by atoms with E-state index in [1.165, 1.54) is 36.3 Å². The zero-order valence-electron chi connectivity index (χ0n) is 25.9. The number of nitrogens with one attached hydrogen (secondary N) is 1. The first-order chi connectivity index (χ1) is 22.0. The number of nitrogens with zero attached hydrogens (tertiary/aromatic N) is 2. The number of amides is 2. The van der Waals surface area contributed by atoms with E-state index in [0.29, 0.717) is 12.3 Å². The molecule has 8 nitrogen and oxygen atoms in total. The molecule has 1 atom stereocenters. The molecule has 0 aliphatic carbocycles. The van der Waals surface area contributed by atoms with Crippen molar-refractivity contribution in [3.05, 3.63) is 124 Å². The molecule has 4 aromatic carbocycles. The lowest BCUT2D eigenvalue weighted by Crippen LogP contribution is -2.53. The molecule has 0 bridgehead atoms. The van der Waals surface area contributed by atoms with E-state index in [1.807, 2.05) is 68.4 Å². The van der Waals surface area contributed by atoms with Gasteiger partial charge in [-0.15, -0.1) is 0 Å². The largest absolute Gasteiger partial charge is 0.495 e. The van der Waals surface area contributed by atoms with Gasteiger partial charge in [0.1, 0.15) is 18.3 Å². The van der Waals surface area contributed by atoms with Crippen LogP contribution in [0.4, 0.5) is 5.69 Å². The van der Waals surface area contributed by atoms with Gasteiger partial charge in [0.25, 0.3) is 10.0 Å². The average molecular weight is 727 g/mol. The normalized spacial score (nSPS) is 12.0. The molecule has 1 N–H and O–H groups in total. The van der Waals surface area contributed by atoms with E-state index in [1.54, 1.807) is 24.3 Å². The highest BCUT2D eigenvalue weighted by atomic mass is 79.9. The molecule has 0 aromatic heterocycles. The maximum absolute atomic E-state index is 14.5. The Morgan fingerprint density at radius 2 is 1.54 bits per heavy atom. The molecule has 4 aromatic rings. The molecule has 0 fully saturated rings.